The Morgan fingerprint density at radius 3 is 2.63 bits per heavy atom. The molecule has 1 aromatic rings. The number of halogens is 2. The van der Waals surface area contributed by atoms with E-state index in [9.17, 15) is 18.4 Å². The van der Waals surface area contributed by atoms with Gasteiger partial charge in [0.1, 0.15) is 11.6 Å². The van der Waals surface area contributed by atoms with Crippen LogP contribution in [0.2, 0.25) is 0 Å². The molecule has 1 heterocycles. The van der Waals surface area contributed by atoms with Crippen LogP contribution in [0.1, 0.15) is 16.8 Å². The molecule has 1 aliphatic heterocycles. The molecule has 1 unspecified atom stereocenters. The maximum atomic E-state index is 13.5. The molecule has 1 aromatic carbocycles. The Morgan fingerprint density at radius 1 is 1.32 bits per heavy atom. The molecule has 1 aliphatic rings. The van der Waals surface area contributed by atoms with Crippen molar-refractivity contribution in [1.82, 2.24) is 0 Å². The number of rotatable bonds is 3. The first-order valence-electron chi connectivity index (χ1n) is 5.60. The van der Waals surface area contributed by atoms with Crippen molar-refractivity contribution in [2.45, 2.75) is 6.42 Å². The third-order valence-corrected chi connectivity index (χ3v) is 2.85. The van der Waals surface area contributed by atoms with Gasteiger partial charge >= 0.3 is 5.97 Å². The van der Waals surface area contributed by atoms with E-state index in [0.717, 1.165) is 6.07 Å². The van der Waals surface area contributed by atoms with E-state index in [-0.39, 0.29) is 12.3 Å². The molecular formula is C12H11F2NO4. The van der Waals surface area contributed by atoms with E-state index in [1.165, 1.54) is 0 Å². The van der Waals surface area contributed by atoms with Gasteiger partial charge in [-0.2, -0.15) is 0 Å². The predicted octanol–water partition coefficient (Wildman–Crippen LogP) is 1.64. The van der Waals surface area contributed by atoms with Crippen LogP contribution in [-0.2, 0) is 9.53 Å². The van der Waals surface area contributed by atoms with Gasteiger partial charge in [-0.25, -0.2) is 13.6 Å². The quantitative estimate of drug-likeness (QED) is 0.876. The van der Waals surface area contributed by atoms with Crippen molar-refractivity contribution in [1.29, 1.82) is 0 Å². The van der Waals surface area contributed by atoms with E-state index in [0.29, 0.717) is 19.1 Å². The van der Waals surface area contributed by atoms with Crippen LogP contribution in [0.5, 0.6) is 0 Å². The summed E-state index contributed by atoms with van der Waals surface area (Å²) in [5.41, 5.74) is -1.05. The fourth-order valence-corrected chi connectivity index (χ4v) is 1.78. The molecule has 0 aliphatic carbocycles. The molecule has 0 saturated carbocycles. The third kappa shape index (κ3) is 2.87. The smallest absolute Gasteiger partial charge is 0.338 e. The largest absolute Gasteiger partial charge is 0.478 e. The number of carbonyl (C=O) groups excluding carboxylic acids is 1. The Hall–Kier alpha value is -2.02. The van der Waals surface area contributed by atoms with Gasteiger partial charge in [0.15, 0.2) is 0 Å². The van der Waals surface area contributed by atoms with Crippen molar-refractivity contribution in [2.24, 2.45) is 5.92 Å². The van der Waals surface area contributed by atoms with Gasteiger partial charge in [-0.1, -0.05) is 0 Å². The van der Waals surface area contributed by atoms with Crippen LogP contribution in [0.25, 0.3) is 0 Å². The number of anilines is 1. The molecule has 2 rings (SSSR count). The predicted molar refractivity (Wildman–Crippen MR) is 60.9 cm³/mol. The lowest BCUT2D eigenvalue weighted by atomic mass is 10.1. The number of hydrogen-bond acceptors (Lipinski definition) is 3. The normalized spacial score (nSPS) is 18.3. The summed E-state index contributed by atoms with van der Waals surface area (Å²) >= 11 is 0. The fraction of sp³-hybridized carbons (Fsp3) is 0.333. The van der Waals surface area contributed by atoms with E-state index in [2.05, 4.69) is 5.32 Å². The zero-order chi connectivity index (χ0) is 14.0. The molecular weight excluding hydrogens is 260 g/mol. The van der Waals surface area contributed by atoms with E-state index >= 15 is 0 Å². The summed E-state index contributed by atoms with van der Waals surface area (Å²) in [4.78, 5) is 22.5. The van der Waals surface area contributed by atoms with Gasteiger partial charge in [-0.05, 0) is 12.5 Å². The van der Waals surface area contributed by atoms with Crippen molar-refractivity contribution in [3.05, 3.63) is 29.3 Å². The SMILES string of the molecule is O=C(O)c1cc(NC(=O)C2CCOC2)c(F)cc1F. The fourth-order valence-electron chi connectivity index (χ4n) is 1.78. The maximum absolute atomic E-state index is 13.5. The lowest BCUT2D eigenvalue weighted by Gasteiger charge is -2.11. The van der Waals surface area contributed by atoms with Crippen LogP contribution in [-0.4, -0.2) is 30.2 Å². The second kappa shape index (κ2) is 5.31. The minimum absolute atomic E-state index is 0.237. The molecule has 0 spiro atoms. The summed E-state index contributed by atoms with van der Waals surface area (Å²) in [5, 5.41) is 11.0. The van der Waals surface area contributed by atoms with Gasteiger partial charge in [0.05, 0.1) is 23.8 Å². The lowest BCUT2D eigenvalue weighted by Crippen LogP contribution is -2.23. The highest BCUT2D eigenvalue weighted by Crippen LogP contribution is 2.22. The summed E-state index contributed by atoms with van der Waals surface area (Å²) < 4.78 is 31.6. The molecule has 19 heavy (non-hydrogen) atoms. The Balaban J connectivity index is 2.21. The van der Waals surface area contributed by atoms with Crippen molar-refractivity contribution >= 4 is 17.6 Å². The molecule has 1 fully saturated rings. The first-order chi connectivity index (χ1) is 8.99. The van der Waals surface area contributed by atoms with Crippen LogP contribution >= 0.6 is 0 Å². The molecule has 0 radical (unpaired) electrons. The second-order valence-electron chi connectivity index (χ2n) is 4.17. The Labute approximate surface area is 107 Å². The maximum Gasteiger partial charge on any atom is 0.338 e. The second-order valence-corrected chi connectivity index (χ2v) is 4.17. The van der Waals surface area contributed by atoms with Gasteiger partial charge in [0.2, 0.25) is 5.91 Å². The molecule has 1 atom stereocenters. The van der Waals surface area contributed by atoms with Crippen LogP contribution < -0.4 is 5.32 Å². The summed E-state index contributed by atoms with van der Waals surface area (Å²) in [7, 11) is 0. The summed E-state index contributed by atoms with van der Waals surface area (Å²) in [6.45, 7) is 0.685. The number of hydrogen-bond donors (Lipinski definition) is 2. The zero-order valence-corrected chi connectivity index (χ0v) is 9.78. The van der Waals surface area contributed by atoms with Gasteiger partial charge in [-0.15, -0.1) is 0 Å². The highest BCUT2D eigenvalue weighted by atomic mass is 19.1. The lowest BCUT2D eigenvalue weighted by molar-refractivity contribution is -0.119. The number of ether oxygens (including phenoxy) is 1. The molecule has 1 amide bonds. The monoisotopic (exact) mass is 271 g/mol. The molecule has 7 heteroatoms. The van der Waals surface area contributed by atoms with E-state index in [4.69, 9.17) is 9.84 Å². The van der Waals surface area contributed by atoms with Crippen LogP contribution in [0, 0.1) is 17.6 Å². The average Bonchev–Trinajstić information content (AvgIpc) is 2.85. The highest BCUT2D eigenvalue weighted by Gasteiger charge is 2.25. The summed E-state index contributed by atoms with van der Waals surface area (Å²) in [6.07, 6.45) is 0.514. The highest BCUT2D eigenvalue weighted by molar-refractivity contribution is 5.95. The van der Waals surface area contributed by atoms with E-state index < -0.39 is 35.0 Å². The van der Waals surface area contributed by atoms with Gasteiger partial charge in [0, 0.05) is 12.7 Å². The van der Waals surface area contributed by atoms with Gasteiger partial charge < -0.3 is 15.2 Å². The molecule has 5 nitrogen and oxygen atoms in total. The summed E-state index contributed by atoms with van der Waals surface area (Å²) in [5.74, 6) is -4.61. The minimum atomic E-state index is -1.53. The standard InChI is InChI=1S/C12H11F2NO4/c13-8-4-9(14)10(3-7(8)12(17)18)15-11(16)6-1-2-19-5-6/h3-4,6H,1-2,5H2,(H,15,16)(H,17,18). The molecule has 102 valence electrons. The Kier molecular flexibility index (Phi) is 3.75. The Morgan fingerprint density at radius 2 is 2.05 bits per heavy atom. The number of amides is 1. The topological polar surface area (TPSA) is 75.6 Å². The molecule has 1 saturated heterocycles. The number of carboxylic acids is 1. The molecule has 0 bridgehead atoms. The van der Waals surface area contributed by atoms with Crippen molar-refractivity contribution in [3.63, 3.8) is 0 Å². The number of aromatic carboxylic acids is 1. The van der Waals surface area contributed by atoms with Crippen molar-refractivity contribution in [2.75, 3.05) is 18.5 Å². The number of benzene rings is 1. The van der Waals surface area contributed by atoms with Gasteiger partial charge in [0.25, 0.3) is 0 Å². The first-order valence-corrected chi connectivity index (χ1v) is 5.60. The van der Waals surface area contributed by atoms with E-state index in [1.54, 1.807) is 0 Å². The summed E-state index contributed by atoms with van der Waals surface area (Å²) in [6, 6.07) is 1.20. The van der Waals surface area contributed by atoms with Gasteiger partial charge in [-0.3, -0.25) is 4.79 Å². The Bertz CT molecular complexity index is 527. The van der Waals surface area contributed by atoms with Crippen molar-refractivity contribution < 1.29 is 28.2 Å². The molecule has 0 aromatic heterocycles. The van der Waals surface area contributed by atoms with E-state index in [1.807, 2.05) is 0 Å². The first kappa shape index (κ1) is 13.4. The minimum Gasteiger partial charge on any atom is -0.478 e. The van der Waals surface area contributed by atoms with Crippen LogP contribution in [0.3, 0.4) is 0 Å². The molecule has 2 N–H and O–H groups in total. The zero-order valence-electron chi connectivity index (χ0n) is 9.78. The third-order valence-electron chi connectivity index (χ3n) is 2.85. The van der Waals surface area contributed by atoms with Crippen molar-refractivity contribution in [3.8, 4) is 0 Å². The average molecular weight is 271 g/mol. The number of carboxylic acid groups (broad SMARTS) is 1. The van der Waals surface area contributed by atoms with Crippen LogP contribution in [0.4, 0.5) is 14.5 Å². The number of nitrogens with one attached hydrogen (secondary N) is 1. The number of carbonyl (C=O) groups is 2. The van der Waals surface area contributed by atoms with Crippen LogP contribution in [0.15, 0.2) is 12.1 Å².